The van der Waals surface area contributed by atoms with E-state index < -0.39 is 42.2 Å². The van der Waals surface area contributed by atoms with Crippen molar-refractivity contribution in [2.75, 3.05) is 37.4 Å². The van der Waals surface area contributed by atoms with Crippen molar-refractivity contribution >= 4 is 35.3 Å². The number of rotatable bonds is 8. The zero-order valence-electron chi connectivity index (χ0n) is 20.9. The van der Waals surface area contributed by atoms with E-state index in [0.29, 0.717) is 37.0 Å². The summed E-state index contributed by atoms with van der Waals surface area (Å²) in [6, 6.07) is 4.86. The number of nitrogen functional groups attached to an aromatic ring is 1. The highest BCUT2D eigenvalue weighted by Crippen LogP contribution is 2.32. The summed E-state index contributed by atoms with van der Waals surface area (Å²) in [7, 11) is 1.36. The van der Waals surface area contributed by atoms with Gasteiger partial charge in [0.15, 0.2) is 0 Å². The maximum atomic E-state index is 12.9. The van der Waals surface area contributed by atoms with Gasteiger partial charge in [0.05, 0.1) is 30.5 Å². The second-order valence-corrected chi connectivity index (χ2v) is 8.79. The Hall–Kier alpha value is -4.53. The summed E-state index contributed by atoms with van der Waals surface area (Å²) in [6.07, 6.45) is -4.05. The van der Waals surface area contributed by atoms with E-state index in [1.54, 1.807) is 18.2 Å². The highest BCUT2D eigenvalue weighted by molar-refractivity contribution is 6.13. The van der Waals surface area contributed by atoms with Gasteiger partial charge in [0.25, 0.3) is 5.91 Å². The second-order valence-electron chi connectivity index (χ2n) is 8.79. The molecule has 1 heterocycles. The van der Waals surface area contributed by atoms with E-state index in [4.69, 9.17) is 21.9 Å². The summed E-state index contributed by atoms with van der Waals surface area (Å²) in [5.74, 6) is -1.21. The van der Waals surface area contributed by atoms with Gasteiger partial charge in [-0.3, -0.25) is 14.5 Å². The Morgan fingerprint density at radius 2 is 1.79 bits per heavy atom. The van der Waals surface area contributed by atoms with Crippen molar-refractivity contribution in [2.24, 2.45) is 11.5 Å². The minimum absolute atomic E-state index is 0.0937. The van der Waals surface area contributed by atoms with Crippen LogP contribution in [0.25, 0.3) is 0 Å². The molecule has 1 saturated heterocycles. The fourth-order valence-electron chi connectivity index (χ4n) is 4.17. The number of hydrogen-bond donors (Lipinski definition) is 5. The van der Waals surface area contributed by atoms with Crippen molar-refractivity contribution < 1.29 is 37.1 Å². The SMILES string of the molecule is COc1ccc(CN2CC[C@@H](NC(=O)CNC(=O)c3cc(C(F)(F)F)ccc3N)C2)cc1N(C(N)=O)C(N)=O. The molecule has 210 valence electrons. The Morgan fingerprint density at radius 1 is 1.10 bits per heavy atom. The molecule has 2 aromatic carbocycles. The number of nitrogens with two attached hydrogens (primary N) is 3. The van der Waals surface area contributed by atoms with Gasteiger partial charge in [-0.15, -0.1) is 0 Å². The number of alkyl halides is 3. The van der Waals surface area contributed by atoms with Crippen LogP contribution < -0.4 is 37.5 Å². The van der Waals surface area contributed by atoms with E-state index in [9.17, 15) is 32.3 Å². The van der Waals surface area contributed by atoms with Crippen molar-refractivity contribution in [2.45, 2.75) is 25.2 Å². The highest BCUT2D eigenvalue weighted by atomic mass is 19.4. The number of nitrogens with zero attached hydrogens (tertiary/aromatic N) is 2. The smallest absolute Gasteiger partial charge is 0.416 e. The van der Waals surface area contributed by atoms with E-state index in [1.165, 1.54) is 7.11 Å². The number of likely N-dealkylation sites (tertiary alicyclic amines) is 1. The summed E-state index contributed by atoms with van der Waals surface area (Å²) in [6.45, 7) is 1.01. The van der Waals surface area contributed by atoms with Crippen LogP contribution in [0.5, 0.6) is 5.75 Å². The molecular weight excluding hydrogens is 523 g/mol. The van der Waals surface area contributed by atoms with Crippen LogP contribution in [0, 0.1) is 0 Å². The number of halogens is 3. The van der Waals surface area contributed by atoms with Gasteiger partial charge in [-0.2, -0.15) is 13.2 Å². The number of carbonyl (C=O) groups excluding carboxylic acids is 4. The largest absolute Gasteiger partial charge is 0.495 e. The molecule has 3 rings (SSSR count). The number of urea groups is 2. The van der Waals surface area contributed by atoms with Gasteiger partial charge in [-0.1, -0.05) is 6.07 Å². The van der Waals surface area contributed by atoms with Gasteiger partial charge in [0.1, 0.15) is 5.75 Å². The molecule has 1 aliphatic rings. The fraction of sp³-hybridized carbons (Fsp3) is 0.333. The van der Waals surface area contributed by atoms with Crippen LogP contribution in [0.2, 0.25) is 0 Å². The number of anilines is 2. The third-order valence-corrected chi connectivity index (χ3v) is 6.00. The molecule has 6 amide bonds. The molecule has 8 N–H and O–H groups in total. The Balaban J connectivity index is 1.56. The molecule has 0 saturated carbocycles. The minimum Gasteiger partial charge on any atom is -0.495 e. The monoisotopic (exact) mass is 551 g/mol. The molecule has 2 aromatic rings. The molecule has 39 heavy (non-hydrogen) atoms. The number of ether oxygens (including phenoxy) is 1. The summed E-state index contributed by atoms with van der Waals surface area (Å²) >= 11 is 0. The van der Waals surface area contributed by atoms with Crippen molar-refractivity contribution in [3.05, 3.63) is 53.1 Å². The standard InChI is InChI=1S/C24H28F3N7O5/c1-39-19-5-2-13(8-18(19)34(22(29)37)23(30)38)11-33-7-6-15(12-33)32-20(35)10-31-21(36)16-9-14(24(25,26)27)3-4-17(16)28/h2-5,8-9,15H,6-7,10-12,28H2,1H3,(H2,29,37)(H2,30,38)(H,31,36)(H,32,35)/t15-/m1/s1. The lowest BCUT2D eigenvalue weighted by Crippen LogP contribution is -2.44. The van der Waals surface area contributed by atoms with Gasteiger partial charge in [0.2, 0.25) is 5.91 Å². The van der Waals surface area contributed by atoms with Gasteiger partial charge >= 0.3 is 18.2 Å². The number of hydrogen-bond acceptors (Lipinski definition) is 7. The molecule has 0 aliphatic carbocycles. The average Bonchev–Trinajstić information content (AvgIpc) is 3.28. The number of benzene rings is 2. The summed E-state index contributed by atoms with van der Waals surface area (Å²) in [5, 5.41) is 5.06. The lowest BCUT2D eigenvalue weighted by molar-refractivity contribution is -0.137. The molecule has 0 radical (unpaired) electrons. The first-order chi connectivity index (χ1) is 18.3. The maximum Gasteiger partial charge on any atom is 0.416 e. The van der Waals surface area contributed by atoms with Gasteiger partial charge in [-0.05, 0) is 42.3 Å². The number of imide groups is 1. The van der Waals surface area contributed by atoms with E-state index in [0.717, 1.165) is 17.7 Å². The lowest BCUT2D eigenvalue weighted by atomic mass is 10.1. The Bertz CT molecular complexity index is 1260. The van der Waals surface area contributed by atoms with E-state index in [1.807, 2.05) is 4.90 Å². The topological polar surface area (TPSA) is 186 Å². The number of amides is 6. The van der Waals surface area contributed by atoms with Gasteiger partial charge in [-0.25, -0.2) is 14.5 Å². The summed E-state index contributed by atoms with van der Waals surface area (Å²) in [4.78, 5) is 50.7. The average molecular weight is 552 g/mol. The quantitative estimate of drug-likeness (QED) is 0.307. The highest BCUT2D eigenvalue weighted by Gasteiger charge is 2.32. The number of carbonyl (C=O) groups is 4. The first-order valence-corrected chi connectivity index (χ1v) is 11.6. The third kappa shape index (κ3) is 7.28. The van der Waals surface area contributed by atoms with Crippen molar-refractivity contribution in [1.82, 2.24) is 15.5 Å². The normalized spacial score (nSPS) is 15.4. The van der Waals surface area contributed by atoms with Crippen LogP contribution in [0.15, 0.2) is 36.4 Å². The first kappa shape index (κ1) is 29.0. The molecule has 1 fully saturated rings. The number of nitrogens with one attached hydrogen (secondary N) is 2. The molecule has 12 nitrogen and oxygen atoms in total. The van der Waals surface area contributed by atoms with Gasteiger partial charge < -0.3 is 32.6 Å². The van der Waals surface area contributed by atoms with Crippen LogP contribution in [-0.2, 0) is 17.5 Å². The van der Waals surface area contributed by atoms with Gasteiger partial charge in [0, 0.05) is 31.4 Å². The molecule has 1 atom stereocenters. The predicted molar refractivity (Wildman–Crippen MR) is 135 cm³/mol. The summed E-state index contributed by atoms with van der Waals surface area (Å²) < 4.78 is 44.0. The number of primary amides is 2. The Labute approximate surface area is 221 Å². The predicted octanol–water partition coefficient (Wildman–Crippen LogP) is 1.38. The molecule has 0 aromatic heterocycles. The van der Waals surface area contributed by atoms with E-state index >= 15 is 0 Å². The summed E-state index contributed by atoms with van der Waals surface area (Å²) in [5.41, 5.74) is 15.4. The van der Waals surface area contributed by atoms with Crippen molar-refractivity contribution in [3.8, 4) is 5.75 Å². The molecular formula is C24H28F3N7O5. The van der Waals surface area contributed by atoms with Crippen molar-refractivity contribution in [3.63, 3.8) is 0 Å². The fourth-order valence-corrected chi connectivity index (χ4v) is 4.17. The zero-order valence-corrected chi connectivity index (χ0v) is 20.9. The Kier molecular flexibility index (Phi) is 8.85. The number of methoxy groups -OCH3 is 1. The molecule has 15 heteroatoms. The molecule has 0 spiro atoms. The lowest BCUT2D eigenvalue weighted by Gasteiger charge is -2.21. The minimum atomic E-state index is -4.65. The van der Waals surface area contributed by atoms with E-state index in [2.05, 4.69) is 10.6 Å². The van der Waals surface area contributed by atoms with Crippen LogP contribution in [-0.4, -0.2) is 61.6 Å². The van der Waals surface area contributed by atoms with Crippen LogP contribution in [0.3, 0.4) is 0 Å². The Morgan fingerprint density at radius 3 is 2.41 bits per heavy atom. The molecule has 0 unspecified atom stereocenters. The molecule has 0 bridgehead atoms. The van der Waals surface area contributed by atoms with Crippen LogP contribution >= 0.6 is 0 Å². The van der Waals surface area contributed by atoms with Crippen LogP contribution in [0.4, 0.5) is 34.1 Å². The van der Waals surface area contributed by atoms with E-state index in [-0.39, 0.29) is 28.7 Å². The third-order valence-electron chi connectivity index (χ3n) is 6.00. The zero-order chi connectivity index (χ0) is 28.9. The second kappa shape index (κ2) is 11.9. The molecule has 1 aliphatic heterocycles. The van der Waals surface area contributed by atoms with Crippen LogP contribution in [0.1, 0.15) is 27.9 Å². The van der Waals surface area contributed by atoms with Crippen molar-refractivity contribution in [1.29, 1.82) is 0 Å². The maximum absolute atomic E-state index is 12.9. The first-order valence-electron chi connectivity index (χ1n) is 11.6.